The van der Waals surface area contributed by atoms with Gasteiger partial charge in [-0.1, -0.05) is 0 Å². The quantitative estimate of drug-likeness (QED) is 0.747. The van der Waals surface area contributed by atoms with Crippen molar-refractivity contribution in [1.29, 1.82) is 0 Å². The number of anilines is 1. The van der Waals surface area contributed by atoms with E-state index in [-0.39, 0.29) is 11.9 Å². The number of carbonyl (C=O) groups is 1. The number of hydrogen-bond donors (Lipinski definition) is 2. The van der Waals surface area contributed by atoms with Crippen molar-refractivity contribution in [3.63, 3.8) is 0 Å². The standard InChI is InChI=1S/C19H19N3O4/c1-11-5-12(6-13-7-16(18(24)25)26-17(11)13)14-8-20-19(21-9-14)22-4-2-3-15(23)10-22/h5-9,15,23H,2-4,10H2,1H3,(H,24,25). The molecule has 2 aromatic heterocycles. The van der Waals surface area contributed by atoms with Gasteiger partial charge >= 0.3 is 5.97 Å². The highest BCUT2D eigenvalue weighted by Gasteiger charge is 2.20. The van der Waals surface area contributed by atoms with Gasteiger partial charge in [-0.25, -0.2) is 14.8 Å². The Morgan fingerprint density at radius 3 is 2.69 bits per heavy atom. The van der Waals surface area contributed by atoms with Gasteiger partial charge in [0.2, 0.25) is 11.7 Å². The molecule has 26 heavy (non-hydrogen) atoms. The van der Waals surface area contributed by atoms with Crippen molar-refractivity contribution in [2.45, 2.75) is 25.9 Å². The minimum atomic E-state index is -1.08. The second-order valence-electron chi connectivity index (χ2n) is 6.64. The highest BCUT2D eigenvalue weighted by molar-refractivity contribution is 5.94. The molecule has 0 amide bonds. The number of carboxylic acids is 1. The lowest BCUT2D eigenvalue weighted by atomic mass is 10.0. The Morgan fingerprint density at radius 1 is 1.23 bits per heavy atom. The van der Waals surface area contributed by atoms with Crippen LogP contribution in [0.5, 0.6) is 0 Å². The van der Waals surface area contributed by atoms with Crippen LogP contribution in [-0.4, -0.2) is 45.3 Å². The summed E-state index contributed by atoms with van der Waals surface area (Å²) in [6.07, 6.45) is 4.91. The van der Waals surface area contributed by atoms with Gasteiger partial charge in [0.05, 0.1) is 6.10 Å². The van der Waals surface area contributed by atoms with Gasteiger partial charge in [-0.05, 0) is 49.1 Å². The van der Waals surface area contributed by atoms with E-state index in [2.05, 4.69) is 9.97 Å². The number of β-amino-alcohol motifs (C(OH)–C–C–N with tert-alkyl or cyclic N) is 1. The maximum atomic E-state index is 11.1. The largest absolute Gasteiger partial charge is 0.475 e. The van der Waals surface area contributed by atoms with Crippen LogP contribution in [0.25, 0.3) is 22.1 Å². The van der Waals surface area contributed by atoms with E-state index in [0.29, 0.717) is 18.1 Å². The molecule has 4 rings (SSSR count). The van der Waals surface area contributed by atoms with Gasteiger partial charge in [-0.15, -0.1) is 0 Å². The average Bonchev–Trinajstić information content (AvgIpc) is 3.07. The van der Waals surface area contributed by atoms with Crippen LogP contribution in [-0.2, 0) is 0 Å². The monoisotopic (exact) mass is 353 g/mol. The Labute approximate surface area is 149 Å². The van der Waals surface area contributed by atoms with Crippen molar-refractivity contribution in [3.8, 4) is 11.1 Å². The zero-order valence-corrected chi connectivity index (χ0v) is 14.3. The molecule has 0 aliphatic carbocycles. The fourth-order valence-corrected chi connectivity index (χ4v) is 3.37. The molecule has 0 spiro atoms. The number of aromatic nitrogens is 2. The van der Waals surface area contributed by atoms with Crippen LogP contribution >= 0.6 is 0 Å². The van der Waals surface area contributed by atoms with Crippen molar-refractivity contribution in [2.75, 3.05) is 18.0 Å². The third kappa shape index (κ3) is 3.01. The van der Waals surface area contributed by atoms with E-state index in [4.69, 9.17) is 9.52 Å². The first kappa shape index (κ1) is 16.5. The molecule has 0 bridgehead atoms. The molecule has 1 aliphatic rings. The van der Waals surface area contributed by atoms with Crippen LogP contribution in [0.4, 0.5) is 5.95 Å². The second-order valence-corrected chi connectivity index (χ2v) is 6.64. The Bertz CT molecular complexity index is 965. The van der Waals surface area contributed by atoms with Gasteiger partial charge in [0, 0.05) is 36.4 Å². The van der Waals surface area contributed by atoms with Gasteiger partial charge in [0.25, 0.3) is 0 Å². The van der Waals surface area contributed by atoms with E-state index in [9.17, 15) is 9.90 Å². The first-order chi connectivity index (χ1) is 12.5. The second kappa shape index (κ2) is 6.42. The lowest BCUT2D eigenvalue weighted by molar-refractivity contribution is 0.0665. The van der Waals surface area contributed by atoms with E-state index < -0.39 is 5.97 Å². The summed E-state index contributed by atoms with van der Waals surface area (Å²) >= 11 is 0. The van der Waals surface area contributed by atoms with Gasteiger partial charge in [-0.2, -0.15) is 0 Å². The number of nitrogens with zero attached hydrogens (tertiary/aromatic N) is 3. The Balaban J connectivity index is 1.65. The van der Waals surface area contributed by atoms with Crippen molar-refractivity contribution in [3.05, 3.63) is 41.9 Å². The number of aliphatic hydroxyl groups is 1. The minimum absolute atomic E-state index is 0.0736. The lowest BCUT2D eigenvalue weighted by Gasteiger charge is -2.29. The molecule has 1 fully saturated rings. The zero-order valence-electron chi connectivity index (χ0n) is 14.3. The van der Waals surface area contributed by atoms with Crippen molar-refractivity contribution < 1.29 is 19.4 Å². The van der Waals surface area contributed by atoms with E-state index in [1.807, 2.05) is 24.0 Å². The van der Waals surface area contributed by atoms with Gasteiger partial charge < -0.3 is 19.5 Å². The minimum Gasteiger partial charge on any atom is -0.475 e. The van der Waals surface area contributed by atoms with Crippen molar-refractivity contribution in [1.82, 2.24) is 9.97 Å². The molecule has 2 N–H and O–H groups in total. The number of fused-ring (bicyclic) bond motifs is 1. The van der Waals surface area contributed by atoms with E-state index in [1.54, 1.807) is 12.4 Å². The molecule has 0 saturated carbocycles. The molecule has 1 unspecified atom stereocenters. The third-order valence-corrected chi connectivity index (χ3v) is 4.66. The van der Waals surface area contributed by atoms with Crippen LogP contribution in [0.3, 0.4) is 0 Å². The summed E-state index contributed by atoms with van der Waals surface area (Å²) in [5.74, 6) is -0.546. The Hall–Kier alpha value is -2.93. The number of carboxylic acid groups (broad SMARTS) is 1. The van der Waals surface area contributed by atoms with Gasteiger partial charge in [0.1, 0.15) is 5.58 Å². The molecule has 1 aliphatic heterocycles. The third-order valence-electron chi connectivity index (χ3n) is 4.66. The number of aromatic carboxylic acids is 1. The topological polar surface area (TPSA) is 99.7 Å². The number of piperidine rings is 1. The fraction of sp³-hybridized carbons (Fsp3) is 0.316. The molecule has 3 aromatic rings. The normalized spacial score (nSPS) is 17.6. The van der Waals surface area contributed by atoms with Crippen LogP contribution in [0.15, 0.2) is 35.0 Å². The molecule has 7 nitrogen and oxygen atoms in total. The molecular weight excluding hydrogens is 334 g/mol. The fourth-order valence-electron chi connectivity index (χ4n) is 3.37. The first-order valence-electron chi connectivity index (χ1n) is 8.54. The number of aliphatic hydroxyl groups excluding tert-OH is 1. The number of hydrogen-bond acceptors (Lipinski definition) is 6. The van der Waals surface area contributed by atoms with Crippen LogP contribution < -0.4 is 4.90 Å². The van der Waals surface area contributed by atoms with Crippen LogP contribution in [0, 0.1) is 6.92 Å². The predicted molar refractivity (Wildman–Crippen MR) is 96.4 cm³/mol. The zero-order chi connectivity index (χ0) is 18.3. The molecule has 134 valence electrons. The van der Waals surface area contributed by atoms with Crippen LogP contribution in [0.2, 0.25) is 0 Å². The van der Waals surface area contributed by atoms with Crippen LogP contribution in [0.1, 0.15) is 29.0 Å². The molecule has 7 heteroatoms. The Morgan fingerprint density at radius 2 is 2.00 bits per heavy atom. The molecular formula is C19H19N3O4. The van der Waals surface area contributed by atoms with Crippen molar-refractivity contribution in [2.24, 2.45) is 0 Å². The predicted octanol–water partition coefficient (Wildman–Crippen LogP) is 2.86. The summed E-state index contributed by atoms with van der Waals surface area (Å²) < 4.78 is 5.40. The molecule has 1 saturated heterocycles. The maximum Gasteiger partial charge on any atom is 0.371 e. The summed E-state index contributed by atoms with van der Waals surface area (Å²) in [5.41, 5.74) is 3.17. The maximum absolute atomic E-state index is 11.1. The summed E-state index contributed by atoms with van der Waals surface area (Å²) in [6, 6.07) is 5.33. The number of benzene rings is 1. The summed E-state index contributed by atoms with van der Waals surface area (Å²) in [7, 11) is 0. The van der Waals surface area contributed by atoms with Gasteiger partial charge in [-0.3, -0.25) is 0 Å². The highest BCUT2D eigenvalue weighted by Crippen LogP contribution is 2.30. The van der Waals surface area contributed by atoms with E-state index in [0.717, 1.165) is 41.5 Å². The average molecular weight is 353 g/mol. The lowest BCUT2D eigenvalue weighted by Crippen LogP contribution is -2.39. The summed E-state index contributed by atoms with van der Waals surface area (Å²) in [6.45, 7) is 3.27. The SMILES string of the molecule is Cc1cc(-c2cnc(N3CCCC(O)C3)nc2)cc2cc(C(=O)O)oc12. The van der Waals surface area contributed by atoms with E-state index >= 15 is 0 Å². The molecule has 3 heterocycles. The van der Waals surface area contributed by atoms with E-state index in [1.165, 1.54) is 6.07 Å². The summed E-state index contributed by atoms with van der Waals surface area (Å²) in [4.78, 5) is 22.0. The highest BCUT2D eigenvalue weighted by atomic mass is 16.4. The molecule has 0 radical (unpaired) electrons. The molecule has 1 aromatic carbocycles. The summed E-state index contributed by atoms with van der Waals surface area (Å²) in [5, 5.41) is 19.6. The van der Waals surface area contributed by atoms with Crippen molar-refractivity contribution >= 4 is 22.9 Å². The Kier molecular flexibility index (Phi) is 4.08. The number of furan rings is 1. The smallest absolute Gasteiger partial charge is 0.371 e. The number of rotatable bonds is 3. The van der Waals surface area contributed by atoms with Gasteiger partial charge in [0.15, 0.2) is 0 Å². The number of aryl methyl sites for hydroxylation is 1. The first-order valence-corrected chi connectivity index (χ1v) is 8.54. The molecule has 1 atom stereocenters.